The Kier molecular flexibility index (Phi) is 6.34. The van der Waals surface area contributed by atoms with Gasteiger partial charge in [-0.05, 0) is 40.3 Å². The molecule has 0 aliphatic carbocycles. The number of rotatable bonds is 6. The van der Waals surface area contributed by atoms with Gasteiger partial charge in [-0.15, -0.1) is 0 Å². The molecule has 0 aliphatic heterocycles. The standard InChI is InChI=1S/C14H22N2S/c1-15(2)11-10-14(12-16(3)4)17-13-8-6-5-7-9-13/h5-10H,11-12H2,1-4H3/b14-10-. The lowest BCUT2D eigenvalue weighted by atomic mass is 10.4. The van der Waals surface area contributed by atoms with Gasteiger partial charge in [0.05, 0.1) is 0 Å². The first-order chi connectivity index (χ1) is 8.08. The largest absolute Gasteiger partial charge is 0.306 e. The minimum Gasteiger partial charge on any atom is -0.306 e. The van der Waals surface area contributed by atoms with Crippen LogP contribution in [0.3, 0.4) is 0 Å². The van der Waals surface area contributed by atoms with Gasteiger partial charge in [0, 0.05) is 22.9 Å². The summed E-state index contributed by atoms with van der Waals surface area (Å²) in [7, 11) is 8.40. The second-order valence-electron chi connectivity index (χ2n) is 4.59. The number of likely N-dealkylation sites (N-methyl/N-ethyl adjacent to an activating group) is 2. The van der Waals surface area contributed by atoms with Crippen LogP contribution in [0.15, 0.2) is 46.2 Å². The Morgan fingerprint density at radius 3 is 2.24 bits per heavy atom. The molecule has 1 aromatic rings. The molecule has 17 heavy (non-hydrogen) atoms. The normalized spacial score (nSPS) is 12.5. The van der Waals surface area contributed by atoms with Crippen LogP contribution in [-0.2, 0) is 0 Å². The smallest absolute Gasteiger partial charge is 0.0288 e. The maximum atomic E-state index is 2.30. The molecule has 94 valence electrons. The molecule has 1 aromatic carbocycles. The van der Waals surface area contributed by atoms with Crippen LogP contribution in [0.5, 0.6) is 0 Å². The third kappa shape index (κ3) is 6.51. The lowest BCUT2D eigenvalue weighted by molar-refractivity contribution is 0.441. The Balaban J connectivity index is 2.66. The lowest BCUT2D eigenvalue weighted by Gasteiger charge is -2.14. The number of nitrogens with zero attached hydrogens (tertiary/aromatic N) is 2. The van der Waals surface area contributed by atoms with Gasteiger partial charge in [0.2, 0.25) is 0 Å². The first kappa shape index (κ1) is 14.3. The number of benzene rings is 1. The molecule has 0 heterocycles. The van der Waals surface area contributed by atoms with Crippen LogP contribution < -0.4 is 0 Å². The Morgan fingerprint density at radius 1 is 1.06 bits per heavy atom. The molecule has 0 saturated carbocycles. The van der Waals surface area contributed by atoms with E-state index in [2.05, 4.69) is 74.4 Å². The summed E-state index contributed by atoms with van der Waals surface area (Å²) < 4.78 is 0. The SMILES string of the molecule is CN(C)C/C=C(/CN(C)C)Sc1ccccc1. The zero-order chi connectivity index (χ0) is 12.7. The number of hydrogen-bond acceptors (Lipinski definition) is 3. The Bertz CT molecular complexity index is 344. The first-order valence-electron chi connectivity index (χ1n) is 5.79. The summed E-state index contributed by atoms with van der Waals surface area (Å²) in [6.45, 7) is 1.98. The molecule has 3 heteroatoms. The molecule has 0 aliphatic rings. The molecule has 0 fully saturated rings. The quantitative estimate of drug-likeness (QED) is 0.717. The molecule has 0 N–H and O–H groups in total. The van der Waals surface area contributed by atoms with Crippen molar-refractivity contribution in [3.8, 4) is 0 Å². The molecule has 0 atom stereocenters. The van der Waals surface area contributed by atoms with Gasteiger partial charge in [0.1, 0.15) is 0 Å². The molecule has 0 radical (unpaired) electrons. The molecule has 0 unspecified atom stereocenters. The third-order valence-corrected chi connectivity index (χ3v) is 3.21. The maximum Gasteiger partial charge on any atom is 0.0288 e. The van der Waals surface area contributed by atoms with E-state index in [9.17, 15) is 0 Å². The zero-order valence-electron chi connectivity index (χ0n) is 11.2. The molecular weight excluding hydrogens is 228 g/mol. The second-order valence-corrected chi connectivity index (χ2v) is 5.79. The van der Waals surface area contributed by atoms with E-state index in [1.165, 1.54) is 9.80 Å². The van der Waals surface area contributed by atoms with Crippen molar-refractivity contribution in [3.63, 3.8) is 0 Å². The van der Waals surface area contributed by atoms with Crippen LogP contribution in [0.1, 0.15) is 0 Å². The summed E-state index contributed by atoms with van der Waals surface area (Å²) in [5.74, 6) is 0. The zero-order valence-corrected chi connectivity index (χ0v) is 12.0. The van der Waals surface area contributed by atoms with Crippen LogP contribution in [-0.4, -0.2) is 51.1 Å². The van der Waals surface area contributed by atoms with E-state index >= 15 is 0 Å². The van der Waals surface area contributed by atoms with Crippen molar-refractivity contribution in [1.29, 1.82) is 0 Å². The fraction of sp³-hybridized carbons (Fsp3) is 0.429. The number of hydrogen-bond donors (Lipinski definition) is 0. The molecular formula is C14H22N2S. The van der Waals surface area contributed by atoms with E-state index in [1.807, 2.05) is 11.8 Å². The van der Waals surface area contributed by atoms with Crippen LogP contribution in [0.4, 0.5) is 0 Å². The van der Waals surface area contributed by atoms with Gasteiger partial charge < -0.3 is 9.80 Å². The van der Waals surface area contributed by atoms with Gasteiger partial charge in [0.15, 0.2) is 0 Å². The molecule has 0 aromatic heterocycles. The van der Waals surface area contributed by atoms with Crippen LogP contribution in [0.2, 0.25) is 0 Å². The Hall–Kier alpha value is -0.770. The summed E-state index contributed by atoms with van der Waals surface area (Å²) in [5.41, 5.74) is 0. The van der Waals surface area contributed by atoms with Gasteiger partial charge in [-0.3, -0.25) is 0 Å². The summed E-state index contributed by atoms with van der Waals surface area (Å²) in [4.78, 5) is 7.09. The fourth-order valence-electron chi connectivity index (χ4n) is 1.37. The predicted molar refractivity (Wildman–Crippen MR) is 77.5 cm³/mol. The highest BCUT2D eigenvalue weighted by Crippen LogP contribution is 2.26. The van der Waals surface area contributed by atoms with Gasteiger partial charge in [-0.1, -0.05) is 36.0 Å². The van der Waals surface area contributed by atoms with Gasteiger partial charge in [0.25, 0.3) is 0 Å². The fourth-order valence-corrected chi connectivity index (χ4v) is 2.45. The van der Waals surface area contributed by atoms with Crippen LogP contribution >= 0.6 is 11.8 Å². The summed E-state index contributed by atoms with van der Waals surface area (Å²) >= 11 is 1.85. The van der Waals surface area contributed by atoms with Gasteiger partial charge >= 0.3 is 0 Å². The van der Waals surface area contributed by atoms with E-state index < -0.39 is 0 Å². The third-order valence-electron chi connectivity index (χ3n) is 2.15. The number of thioether (sulfide) groups is 1. The monoisotopic (exact) mass is 250 g/mol. The van der Waals surface area contributed by atoms with Gasteiger partial charge in [-0.25, -0.2) is 0 Å². The minimum absolute atomic E-state index is 0.989. The lowest BCUT2D eigenvalue weighted by Crippen LogP contribution is -2.16. The van der Waals surface area contributed by atoms with E-state index in [-0.39, 0.29) is 0 Å². The molecule has 0 spiro atoms. The highest BCUT2D eigenvalue weighted by molar-refractivity contribution is 8.03. The van der Waals surface area contributed by atoms with Crippen LogP contribution in [0.25, 0.3) is 0 Å². The Labute approximate surface area is 109 Å². The molecule has 0 amide bonds. The Morgan fingerprint density at radius 2 is 1.71 bits per heavy atom. The molecule has 0 saturated heterocycles. The highest BCUT2D eigenvalue weighted by atomic mass is 32.2. The molecule has 2 nitrogen and oxygen atoms in total. The van der Waals surface area contributed by atoms with Crippen LogP contribution in [0, 0.1) is 0 Å². The summed E-state index contributed by atoms with van der Waals surface area (Å²) in [6.07, 6.45) is 2.30. The van der Waals surface area contributed by atoms with Crippen molar-refractivity contribution < 1.29 is 0 Å². The van der Waals surface area contributed by atoms with E-state index in [0.717, 1.165) is 13.1 Å². The van der Waals surface area contributed by atoms with E-state index in [0.29, 0.717) is 0 Å². The topological polar surface area (TPSA) is 6.48 Å². The average molecular weight is 250 g/mol. The average Bonchev–Trinajstić information content (AvgIpc) is 2.26. The predicted octanol–water partition coefficient (Wildman–Crippen LogP) is 2.79. The minimum atomic E-state index is 0.989. The highest BCUT2D eigenvalue weighted by Gasteiger charge is 2.02. The van der Waals surface area contributed by atoms with Gasteiger partial charge in [-0.2, -0.15) is 0 Å². The second kappa shape index (κ2) is 7.54. The maximum absolute atomic E-state index is 2.30. The summed E-state index contributed by atoms with van der Waals surface area (Å²) in [5, 5.41) is 0. The molecule has 1 rings (SSSR count). The van der Waals surface area contributed by atoms with E-state index in [1.54, 1.807) is 0 Å². The van der Waals surface area contributed by atoms with Crippen molar-refractivity contribution >= 4 is 11.8 Å². The summed E-state index contributed by atoms with van der Waals surface area (Å²) in [6, 6.07) is 10.5. The van der Waals surface area contributed by atoms with E-state index in [4.69, 9.17) is 0 Å². The molecule has 0 bridgehead atoms. The van der Waals surface area contributed by atoms with Crippen molar-refractivity contribution in [2.24, 2.45) is 0 Å². The first-order valence-corrected chi connectivity index (χ1v) is 6.61. The van der Waals surface area contributed by atoms with Crippen molar-refractivity contribution in [1.82, 2.24) is 9.80 Å². The van der Waals surface area contributed by atoms with Crippen molar-refractivity contribution in [2.75, 3.05) is 41.3 Å². The van der Waals surface area contributed by atoms with Crippen molar-refractivity contribution in [2.45, 2.75) is 4.90 Å². The van der Waals surface area contributed by atoms with Crippen molar-refractivity contribution in [3.05, 3.63) is 41.3 Å².